The molecule has 7 heteroatoms. The Bertz CT molecular complexity index is 1110. The van der Waals surface area contributed by atoms with Gasteiger partial charge in [-0.1, -0.05) is 23.7 Å². The van der Waals surface area contributed by atoms with Crippen molar-refractivity contribution in [2.45, 2.75) is 20.3 Å². The predicted octanol–water partition coefficient (Wildman–Crippen LogP) is 4.54. The van der Waals surface area contributed by atoms with Gasteiger partial charge in [-0.3, -0.25) is 14.7 Å². The SMILES string of the molecule is CCOc1cccc2nccc(C(=O)NCCCN3CCN(c4cc(Cl)ccc4C)CC3)c12. The van der Waals surface area contributed by atoms with Gasteiger partial charge in [-0.15, -0.1) is 0 Å². The molecule has 1 N–H and O–H groups in total. The van der Waals surface area contributed by atoms with Gasteiger partial charge in [0.15, 0.2) is 0 Å². The van der Waals surface area contributed by atoms with Gasteiger partial charge in [0.05, 0.1) is 23.1 Å². The molecule has 1 amide bonds. The second-order valence-electron chi connectivity index (χ2n) is 8.31. The number of piperazine rings is 1. The first-order valence-corrected chi connectivity index (χ1v) is 12.0. The van der Waals surface area contributed by atoms with Crippen molar-refractivity contribution in [2.24, 2.45) is 0 Å². The summed E-state index contributed by atoms with van der Waals surface area (Å²) in [5.41, 5.74) is 3.85. The van der Waals surface area contributed by atoms with E-state index in [1.54, 1.807) is 12.3 Å². The summed E-state index contributed by atoms with van der Waals surface area (Å²) in [7, 11) is 0. The molecule has 0 atom stereocenters. The van der Waals surface area contributed by atoms with Gasteiger partial charge in [0.25, 0.3) is 5.91 Å². The molecule has 1 fully saturated rings. The Kier molecular flexibility index (Phi) is 7.68. The van der Waals surface area contributed by atoms with Crippen molar-refractivity contribution in [3.63, 3.8) is 0 Å². The number of amides is 1. The number of aryl methyl sites for hydroxylation is 1. The largest absolute Gasteiger partial charge is 0.493 e. The molecule has 0 saturated carbocycles. The van der Waals surface area contributed by atoms with E-state index in [0.717, 1.165) is 55.1 Å². The molecule has 0 bridgehead atoms. The highest BCUT2D eigenvalue weighted by Crippen LogP contribution is 2.28. The molecule has 6 nitrogen and oxygen atoms in total. The van der Waals surface area contributed by atoms with Crippen LogP contribution in [0.3, 0.4) is 0 Å². The van der Waals surface area contributed by atoms with Crippen LogP contribution in [0.4, 0.5) is 5.69 Å². The summed E-state index contributed by atoms with van der Waals surface area (Å²) < 4.78 is 5.73. The van der Waals surface area contributed by atoms with E-state index in [1.165, 1.54) is 11.3 Å². The molecule has 0 aliphatic carbocycles. The van der Waals surface area contributed by atoms with Crippen molar-refractivity contribution < 1.29 is 9.53 Å². The Morgan fingerprint density at radius 3 is 2.76 bits per heavy atom. The highest BCUT2D eigenvalue weighted by molar-refractivity contribution is 6.30. The lowest BCUT2D eigenvalue weighted by molar-refractivity contribution is 0.0952. The molecule has 0 spiro atoms. The molecular weight excluding hydrogens is 436 g/mol. The third-order valence-electron chi connectivity index (χ3n) is 6.09. The summed E-state index contributed by atoms with van der Waals surface area (Å²) in [6.07, 6.45) is 2.58. The summed E-state index contributed by atoms with van der Waals surface area (Å²) in [4.78, 5) is 22.1. The number of benzene rings is 2. The third-order valence-corrected chi connectivity index (χ3v) is 6.33. The fourth-order valence-corrected chi connectivity index (χ4v) is 4.54. The number of ether oxygens (including phenoxy) is 1. The Morgan fingerprint density at radius 2 is 1.97 bits per heavy atom. The molecule has 0 unspecified atom stereocenters. The first-order chi connectivity index (χ1) is 16.1. The number of pyridine rings is 1. The molecule has 2 aromatic carbocycles. The van der Waals surface area contributed by atoms with E-state index >= 15 is 0 Å². The summed E-state index contributed by atoms with van der Waals surface area (Å²) >= 11 is 6.19. The van der Waals surface area contributed by atoms with E-state index in [-0.39, 0.29) is 5.91 Å². The molecule has 1 aliphatic heterocycles. The average molecular weight is 467 g/mol. The predicted molar refractivity (Wildman–Crippen MR) is 135 cm³/mol. The van der Waals surface area contributed by atoms with E-state index in [0.29, 0.717) is 24.5 Å². The maximum Gasteiger partial charge on any atom is 0.252 e. The molecule has 3 aromatic rings. The Morgan fingerprint density at radius 1 is 1.15 bits per heavy atom. The molecule has 1 aliphatic rings. The highest BCUT2D eigenvalue weighted by Gasteiger charge is 2.19. The van der Waals surface area contributed by atoms with Crippen LogP contribution in [0.25, 0.3) is 10.9 Å². The van der Waals surface area contributed by atoms with Crippen LogP contribution < -0.4 is 15.0 Å². The molecule has 1 aromatic heterocycles. The average Bonchev–Trinajstić information content (AvgIpc) is 2.83. The topological polar surface area (TPSA) is 57.7 Å². The van der Waals surface area contributed by atoms with Gasteiger partial charge in [0.2, 0.25) is 0 Å². The first kappa shape index (κ1) is 23.3. The zero-order chi connectivity index (χ0) is 23.2. The van der Waals surface area contributed by atoms with E-state index in [4.69, 9.17) is 16.3 Å². The summed E-state index contributed by atoms with van der Waals surface area (Å²) in [5, 5.41) is 4.63. The summed E-state index contributed by atoms with van der Waals surface area (Å²) in [5.74, 6) is 0.608. The minimum atomic E-state index is -0.0872. The monoisotopic (exact) mass is 466 g/mol. The zero-order valence-corrected chi connectivity index (χ0v) is 20.1. The van der Waals surface area contributed by atoms with Gasteiger partial charge < -0.3 is 15.0 Å². The number of hydrogen-bond acceptors (Lipinski definition) is 5. The van der Waals surface area contributed by atoms with Crippen molar-refractivity contribution in [1.29, 1.82) is 0 Å². The molecular formula is C26H31ClN4O2. The van der Waals surface area contributed by atoms with Crippen LogP contribution in [-0.4, -0.2) is 61.7 Å². The molecule has 4 rings (SSSR count). The van der Waals surface area contributed by atoms with Gasteiger partial charge in [-0.2, -0.15) is 0 Å². The maximum atomic E-state index is 12.9. The lowest BCUT2D eigenvalue weighted by Crippen LogP contribution is -2.47. The van der Waals surface area contributed by atoms with Gasteiger partial charge in [0.1, 0.15) is 5.75 Å². The number of carbonyl (C=O) groups is 1. The quantitative estimate of drug-likeness (QED) is 0.494. The number of rotatable bonds is 8. The lowest BCUT2D eigenvalue weighted by Gasteiger charge is -2.37. The highest BCUT2D eigenvalue weighted by atomic mass is 35.5. The van der Waals surface area contributed by atoms with Gasteiger partial charge in [-0.05, 0) is 62.7 Å². The van der Waals surface area contributed by atoms with Crippen molar-refractivity contribution in [3.05, 3.63) is 64.8 Å². The van der Waals surface area contributed by atoms with E-state index in [9.17, 15) is 4.79 Å². The lowest BCUT2D eigenvalue weighted by atomic mass is 10.1. The molecule has 33 heavy (non-hydrogen) atoms. The number of anilines is 1. The van der Waals surface area contributed by atoms with Crippen LogP contribution in [-0.2, 0) is 0 Å². The van der Waals surface area contributed by atoms with Crippen molar-refractivity contribution in [1.82, 2.24) is 15.2 Å². The smallest absolute Gasteiger partial charge is 0.252 e. The molecule has 174 valence electrons. The van der Waals surface area contributed by atoms with Crippen molar-refractivity contribution in [3.8, 4) is 5.75 Å². The number of fused-ring (bicyclic) bond motifs is 1. The van der Waals surface area contributed by atoms with Gasteiger partial charge in [0, 0.05) is 49.6 Å². The first-order valence-electron chi connectivity index (χ1n) is 11.6. The molecule has 2 heterocycles. The normalized spacial score (nSPS) is 14.5. The Labute approximate surface area is 200 Å². The number of nitrogens with one attached hydrogen (secondary N) is 1. The van der Waals surface area contributed by atoms with Crippen LogP contribution in [0.5, 0.6) is 5.75 Å². The molecule has 1 saturated heterocycles. The zero-order valence-electron chi connectivity index (χ0n) is 19.3. The van der Waals surface area contributed by atoms with Crippen molar-refractivity contribution in [2.75, 3.05) is 50.8 Å². The molecule has 0 radical (unpaired) electrons. The Balaban J connectivity index is 1.27. The summed E-state index contributed by atoms with van der Waals surface area (Å²) in [6, 6.07) is 13.5. The number of nitrogens with zero attached hydrogens (tertiary/aromatic N) is 3. The van der Waals surface area contributed by atoms with E-state index < -0.39 is 0 Å². The number of carbonyl (C=O) groups excluding carboxylic acids is 1. The van der Waals surface area contributed by atoms with Crippen LogP contribution in [0, 0.1) is 6.92 Å². The van der Waals surface area contributed by atoms with Crippen LogP contribution in [0.2, 0.25) is 5.02 Å². The Hall–Kier alpha value is -2.83. The summed E-state index contributed by atoms with van der Waals surface area (Å²) in [6.45, 7) is 10.2. The number of aromatic nitrogens is 1. The van der Waals surface area contributed by atoms with E-state index in [1.807, 2.05) is 31.2 Å². The van der Waals surface area contributed by atoms with Crippen LogP contribution in [0.15, 0.2) is 48.7 Å². The second-order valence-corrected chi connectivity index (χ2v) is 8.75. The number of hydrogen-bond donors (Lipinski definition) is 1. The van der Waals surface area contributed by atoms with Crippen LogP contribution in [0.1, 0.15) is 29.3 Å². The fourth-order valence-electron chi connectivity index (χ4n) is 4.37. The van der Waals surface area contributed by atoms with Gasteiger partial charge in [-0.25, -0.2) is 0 Å². The third kappa shape index (κ3) is 5.57. The minimum absolute atomic E-state index is 0.0872. The second kappa shape index (κ2) is 10.9. The standard InChI is InChI=1S/C26H31ClN4O2/c1-3-33-24-7-4-6-22-25(24)21(10-12-28-22)26(32)29-11-5-13-30-14-16-31(17-15-30)23-18-20(27)9-8-19(23)2/h4,6-10,12,18H,3,5,11,13-17H2,1-2H3,(H,29,32). The van der Waals surface area contributed by atoms with Crippen molar-refractivity contribution >= 4 is 34.1 Å². The number of halogens is 1. The minimum Gasteiger partial charge on any atom is -0.493 e. The van der Waals surface area contributed by atoms with E-state index in [2.05, 4.69) is 39.2 Å². The van der Waals surface area contributed by atoms with Crippen LogP contribution >= 0.6 is 11.6 Å². The maximum absolute atomic E-state index is 12.9. The fraction of sp³-hybridized carbons (Fsp3) is 0.385. The van der Waals surface area contributed by atoms with Gasteiger partial charge >= 0.3 is 0 Å².